The Morgan fingerprint density at radius 2 is 1.74 bits per heavy atom. The number of rotatable bonds is 3. The fourth-order valence-electron chi connectivity index (χ4n) is 4.44. The zero-order chi connectivity index (χ0) is 14.1. The van der Waals surface area contributed by atoms with Crippen LogP contribution in [0.2, 0.25) is 0 Å². The van der Waals surface area contributed by atoms with Crippen molar-refractivity contribution < 1.29 is 0 Å². The molecule has 0 bridgehead atoms. The van der Waals surface area contributed by atoms with E-state index >= 15 is 0 Å². The highest BCUT2D eigenvalue weighted by Crippen LogP contribution is 2.42. The molecular formula is C17H34N2. The van der Waals surface area contributed by atoms with Crippen molar-refractivity contribution in [3.05, 3.63) is 0 Å². The maximum absolute atomic E-state index is 6.22. The lowest BCUT2D eigenvalue weighted by Gasteiger charge is -2.51. The first-order valence-corrected chi connectivity index (χ1v) is 8.32. The highest BCUT2D eigenvalue weighted by molar-refractivity contribution is 4.98. The third kappa shape index (κ3) is 3.33. The quantitative estimate of drug-likeness (QED) is 0.842. The Kier molecular flexibility index (Phi) is 4.62. The highest BCUT2D eigenvalue weighted by atomic mass is 15.2. The Hall–Kier alpha value is -0.0800. The molecule has 2 heteroatoms. The highest BCUT2D eigenvalue weighted by Gasteiger charge is 2.41. The molecule has 2 rings (SSSR count). The van der Waals surface area contributed by atoms with Crippen molar-refractivity contribution in [2.24, 2.45) is 17.1 Å². The van der Waals surface area contributed by atoms with Gasteiger partial charge >= 0.3 is 0 Å². The van der Waals surface area contributed by atoms with Crippen molar-refractivity contribution in [2.45, 2.75) is 83.7 Å². The van der Waals surface area contributed by atoms with Crippen LogP contribution in [-0.4, -0.2) is 30.1 Å². The minimum Gasteiger partial charge on any atom is -0.329 e. The van der Waals surface area contributed by atoms with Gasteiger partial charge in [-0.1, -0.05) is 33.6 Å². The molecule has 2 fully saturated rings. The van der Waals surface area contributed by atoms with Gasteiger partial charge in [0.1, 0.15) is 0 Å². The average molecular weight is 266 g/mol. The SMILES string of the molecule is CC1CCCC(CN)(N(C)C2CCC(C)(C)CC2)C1. The van der Waals surface area contributed by atoms with Gasteiger partial charge in [0.25, 0.3) is 0 Å². The topological polar surface area (TPSA) is 29.3 Å². The Morgan fingerprint density at radius 3 is 2.26 bits per heavy atom. The molecule has 2 saturated carbocycles. The maximum Gasteiger partial charge on any atom is 0.0334 e. The van der Waals surface area contributed by atoms with Crippen LogP contribution in [0.3, 0.4) is 0 Å². The predicted molar refractivity (Wildman–Crippen MR) is 83.2 cm³/mol. The van der Waals surface area contributed by atoms with E-state index in [1.54, 1.807) is 0 Å². The van der Waals surface area contributed by atoms with Gasteiger partial charge in [-0.15, -0.1) is 0 Å². The Balaban J connectivity index is 2.02. The van der Waals surface area contributed by atoms with Gasteiger partial charge in [-0.3, -0.25) is 4.90 Å². The fourth-order valence-corrected chi connectivity index (χ4v) is 4.44. The van der Waals surface area contributed by atoms with Gasteiger partial charge in [0.2, 0.25) is 0 Å². The molecule has 0 saturated heterocycles. The van der Waals surface area contributed by atoms with Crippen molar-refractivity contribution in [3.8, 4) is 0 Å². The van der Waals surface area contributed by atoms with E-state index < -0.39 is 0 Å². The molecule has 0 aromatic heterocycles. The van der Waals surface area contributed by atoms with E-state index in [2.05, 4.69) is 32.7 Å². The lowest BCUT2D eigenvalue weighted by Crippen LogP contribution is -2.58. The van der Waals surface area contributed by atoms with Crippen LogP contribution < -0.4 is 5.73 Å². The van der Waals surface area contributed by atoms with Crippen LogP contribution in [-0.2, 0) is 0 Å². The van der Waals surface area contributed by atoms with E-state index in [1.165, 1.54) is 51.4 Å². The van der Waals surface area contributed by atoms with Gasteiger partial charge in [0, 0.05) is 18.1 Å². The summed E-state index contributed by atoms with van der Waals surface area (Å²) in [5, 5.41) is 0. The Bertz CT molecular complexity index is 290. The molecule has 0 aromatic rings. The van der Waals surface area contributed by atoms with Crippen LogP contribution in [0, 0.1) is 11.3 Å². The molecule has 2 nitrogen and oxygen atoms in total. The first-order valence-electron chi connectivity index (χ1n) is 8.32. The summed E-state index contributed by atoms with van der Waals surface area (Å²) in [7, 11) is 2.36. The summed E-state index contributed by atoms with van der Waals surface area (Å²) in [5.41, 5.74) is 7.08. The van der Waals surface area contributed by atoms with Crippen molar-refractivity contribution >= 4 is 0 Å². The van der Waals surface area contributed by atoms with Gasteiger partial charge in [0.15, 0.2) is 0 Å². The largest absolute Gasteiger partial charge is 0.329 e. The molecule has 2 aliphatic rings. The van der Waals surface area contributed by atoms with E-state index in [-0.39, 0.29) is 0 Å². The van der Waals surface area contributed by atoms with E-state index in [4.69, 9.17) is 5.73 Å². The molecule has 0 spiro atoms. The second-order valence-corrected chi connectivity index (χ2v) is 8.14. The van der Waals surface area contributed by atoms with E-state index in [1.807, 2.05) is 0 Å². The van der Waals surface area contributed by atoms with Crippen molar-refractivity contribution in [1.82, 2.24) is 4.90 Å². The minimum atomic E-state index is 0.295. The lowest BCUT2D eigenvalue weighted by molar-refractivity contribution is 0.00135. The van der Waals surface area contributed by atoms with Gasteiger partial charge in [-0.05, 0) is 56.9 Å². The summed E-state index contributed by atoms with van der Waals surface area (Å²) in [6, 6.07) is 0.766. The Labute approximate surface area is 120 Å². The molecule has 0 aliphatic heterocycles. The summed E-state index contributed by atoms with van der Waals surface area (Å²) in [4.78, 5) is 2.69. The van der Waals surface area contributed by atoms with Gasteiger partial charge in [-0.2, -0.15) is 0 Å². The predicted octanol–water partition coefficient (Wildman–Crippen LogP) is 3.79. The summed E-state index contributed by atoms with van der Waals surface area (Å²) >= 11 is 0. The van der Waals surface area contributed by atoms with Crippen LogP contribution in [0.5, 0.6) is 0 Å². The van der Waals surface area contributed by atoms with E-state index in [0.717, 1.165) is 18.5 Å². The van der Waals surface area contributed by atoms with Crippen molar-refractivity contribution in [3.63, 3.8) is 0 Å². The number of likely N-dealkylation sites (N-methyl/N-ethyl adjacent to an activating group) is 1. The van der Waals surface area contributed by atoms with Gasteiger partial charge < -0.3 is 5.73 Å². The van der Waals surface area contributed by atoms with Gasteiger partial charge in [-0.25, -0.2) is 0 Å². The summed E-state index contributed by atoms with van der Waals surface area (Å²) < 4.78 is 0. The first-order chi connectivity index (χ1) is 8.88. The molecule has 2 N–H and O–H groups in total. The average Bonchev–Trinajstić information content (AvgIpc) is 2.38. The zero-order valence-corrected chi connectivity index (χ0v) is 13.5. The molecule has 2 unspecified atom stereocenters. The summed E-state index contributed by atoms with van der Waals surface area (Å²) in [5.74, 6) is 0.847. The molecule has 112 valence electrons. The monoisotopic (exact) mass is 266 g/mol. The van der Waals surface area contributed by atoms with Crippen molar-refractivity contribution in [1.29, 1.82) is 0 Å². The fraction of sp³-hybridized carbons (Fsp3) is 1.00. The third-order valence-corrected chi connectivity index (χ3v) is 6.05. The standard InChI is InChI=1S/C17H34N2/c1-14-6-5-9-17(12-14,13-18)19(4)15-7-10-16(2,3)11-8-15/h14-15H,5-13,18H2,1-4H3. The second kappa shape index (κ2) is 5.73. The molecule has 19 heavy (non-hydrogen) atoms. The molecular weight excluding hydrogens is 232 g/mol. The summed E-state index contributed by atoms with van der Waals surface area (Å²) in [6.45, 7) is 8.09. The molecule has 0 amide bonds. The van der Waals surface area contributed by atoms with Crippen LogP contribution in [0.15, 0.2) is 0 Å². The third-order valence-electron chi connectivity index (χ3n) is 6.05. The molecule has 0 radical (unpaired) electrons. The van der Waals surface area contributed by atoms with Crippen molar-refractivity contribution in [2.75, 3.05) is 13.6 Å². The van der Waals surface area contributed by atoms with Crippen LogP contribution >= 0.6 is 0 Å². The first kappa shape index (κ1) is 15.3. The normalized spacial score (nSPS) is 36.6. The van der Waals surface area contributed by atoms with E-state index in [0.29, 0.717) is 11.0 Å². The maximum atomic E-state index is 6.22. The summed E-state index contributed by atoms with van der Waals surface area (Å²) in [6.07, 6.45) is 10.8. The van der Waals surface area contributed by atoms with Crippen LogP contribution in [0.1, 0.15) is 72.1 Å². The number of hydrogen-bond donors (Lipinski definition) is 1. The molecule has 2 atom stereocenters. The van der Waals surface area contributed by atoms with Gasteiger partial charge in [0.05, 0.1) is 0 Å². The zero-order valence-electron chi connectivity index (χ0n) is 13.5. The molecule has 0 aromatic carbocycles. The number of hydrogen-bond acceptors (Lipinski definition) is 2. The molecule has 0 heterocycles. The lowest BCUT2D eigenvalue weighted by atomic mass is 9.71. The molecule has 2 aliphatic carbocycles. The second-order valence-electron chi connectivity index (χ2n) is 8.14. The minimum absolute atomic E-state index is 0.295. The Morgan fingerprint density at radius 1 is 1.11 bits per heavy atom. The number of nitrogens with two attached hydrogens (primary N) is 1. The number of nitrogens with zero attached hydrogens (tertiary/aromatic N) is 1. The van der Waals surface area contributed by atoms with Crippen LogP contribution in [0.4, 0.5) is 0 Å². The van der Waals surface area contributed by atoms with Crippen LogP contribution in [0.25, 0.3) is 0 Å². The van der Waals surface area contributed by atoms with E-state index in [9.17, 15) is 0 Å². The smallest absolute Gasteiger partial charge is 0.0334 e.